The molecule has 2 aromatic rings. The Bertz CT molecular complexity index is 1410. The van der Waals surface area contributed by atoms with Crippen molar-refractivity contribution in [3.63, 3.8) is 0 Å². The summed E-state index contributed by atoms with van der Waals surface area (Å²) < 4.78 is 67.7. The van der Waals surface area contributed by atoms with Crippen LogP contribution in [-0.2, 0) is 4.74 Å². The Morgan fingerprint density at radius 2 is 0.698 bits per heavy atom. The topological polar surface area (TPSA) is 9.23 Å². The zero-order chi connectivity index (χ0) is 44.2. The highest BCUT2D eigenvalue weighted by Crippen LogP contribution is 2.51. The maximum atomic E-state index is 15.9. The van der Waals surface area contributed by atoms with E-state index in [0.717, 1.165) is 87.2 Å². The van der Waals surface area contributed by atoms with Crippen molar-refractivity contribution in [1.82, 2.24) is 0 Å². The highest BCUT2D eigenvalue weighted by atomic mass is 19.1. The predicted molar refractivity (Wildman–Crippen MR) is 256 cm³/mol. The number of hydrogen-bond donors (Lipinski definition) is 0. The maximum Gasteiger partial charge on any atom is 0.131 e. The van der Waals surface area contributed by atoms with Crippen LogP contribution in [0.25, 0.3) is 0 Å². The van der Waals surface area contributed by atoms with Crippen LogP contribution in [0.2, 0.25) is 0 Å². The first-order chi connectivity index (χ1) is 30.8. The van der Waals surface area contributed by atoms with Gasteiger partial charge < -0.3 is 4.74 Å². The van der Waals surface area contributed by atoms with Crippen LogP contribution in [-0.4, -0.2) is 0 Å². The van der Waals surface area contributed by atoms with Crippen molar-refractivity contribution in [2.45, 2.75) is 244 Å². The number of ether oxygens (including phenoxy) is 1. The standard InChI is InChI=1S/C58H90F4O/c1-3-5-7-9-11-13-15-17-19-43-21-25-45(26-22-43)47-29-33-49(34-30-47)57(53-39-37-51(59)41-55(53)61)63-58(54-40-38-52(60)42-56(54)62)50-35-31-48(32-36-50)46-27-23-44(24-28-46)20-18-16-14-12-10-8-6-4-2/h37-50,57-58H,3-36H2,1-2H3/t43-,44-,45-,46-,47-,48-,49-,50-,57?,58?. The van der Waals surface area contributed by atoms with Gasteiger partial charge in [0.2, 0.25) is 0 Å². The van der Waals surface area contributed by atoms with Gasteiger partial charge in [0.1, 0.15) is 23.3 Å². The molecule has 2 atom stereocenters. The average molecular weight is 879 g/mol. The molecule has 0 aromatic heterocycles. The fraction of sp³-hybridized carbons (Fsp3) is 0.793. The molecule has 356 valence electrons. The molecule has 4 saturated carbocycles. The van der Waals surface area contributed by atoms with Gasteiger partial charge in [0.25, 0.3) is 0 Å². The van der Waals surface area contributed by atoms with Crippen molar-refractivity contribution in [3.05, 3.63) is 70.8 Å². The van der Waals surface area contributed by atoms with Crippen LogP contribution >= 0.6 is 0 Å². The molecule has 2 aromatic carbocycles. The summed E-state index contributed by atoms with van der Waals surface area (Å²) in [6, 6.07) is 7.77. The largest absolute Gasteiger partial charge is 0.365 e. The number of benzene rings is 2. The van der Waals surface area contributed by atoms with E-state index in [1.54, 1.807) is 12.1 Å². The summed E-state index contributed by atoms with van der Waals surface area (Å²) in [7, 11) is 0. The molecule has 1 nitrogen and oxygen atoms in total. The van der Waals surface area contributed by atoms with Crippen LogP contribution in [0.3, 0.4) is 0 Å². The summed E-state index contributed by atoms with van der Waals surface area (Å²) in [5.41, 5.74) is 0.762. The van der Waals surface area contributed by atoms with Crippen LogP contribution in [0.5, 0.6) is 0 Å². The quantitative estimate of drug-likeness (QED) is 0.0676. The van der Waals surface area contributed by atoms with E-state index >= 15 is 8.78 Å². The Morgan fingerprint density at radius 1 is 0.397 bits per heavy atom. The lowest BCUT2D eigenvalue weighted by Gasteiger charge is -2.43. The second kappa shape index (κ2) is 27.7. The molecule has 0 spiro atoms. The van der Waals surface area contributed by atoms with E-state index in [1.807, 2.05) is 0 Å². The molecule has 0 heterocycles. The van der Waals surface area contributed by atoms with Gasteiger partial charge in [-0.1, -0.05) is 167 Å². The Hall–Kier alpha value is -1.88. The SMILES string of the molecule is CCCCCCCCCC[C@H]1CC[C@H]([C@H]2CC[C@H](C(OC(c3ccc(F)cc3F)[C@H]3CC[C@H]([C@H]4CC[C@H](CCCCCCCCCC)CC4)CC3)c3ccc(F)cc3F)CC2)CC1. The molecule has 0 amide bonds. The first kappa shape index (κ1) is 50.5. The van der Waals surface area contributed by atoms with Crippen molar-refractivity contribution in [2.75, 3.05) is 0 Å². The van der Waals surface area contributed by atoms with E-state index in [4.69, 9.17) is 4.74 Å². The third-order valence-corrected chi connectivity index (χ3v) is 17.4. The first-order valence-electron chi connectivity index (χ1n) is 27.4. The molecule has 0 aliphatic heterocycles. The monoisotopic (exact) mass is 879 g/mol. The molecule has 2 unspecified atom stereocenters. The van der Waals surface area contributed by atoms with E-state index in [2.05, 4.69) is 13.8 Å². The highest BCUT2D eigenvalue weighted by molar-refractivity contribution is 5.25. The molecule has 6 rings (SSSR count). The third kappa shape index (κ3) is 16.2. The van der Waals surface area contributed by atoms with E-state index in [9.17, 15) is 8.78 Å². The van der Waals surface area contributed by atoms with Gasteiger partial charge in [-0.3, -0.25) is 0 Å². The molecule has 5 heteroatoms. The van der Waals surface area contributed by atoms with Crippen molar-refractivity contribution in [1.29, 1.82) is 0 Å². The lowest BCUT2D eigenvalue weighted by atomic mass is 9.67. The van der Waals surface area contributed by atoms with Crippen LogP contribution in [0.15, 0.2) is 36.4 Å². The zero-order valence-corrected chi connectivity index (χ0v) is 40.2. The van der Waals surface area contributed by atoms with Crippen LogP contribution in [0, 0.1) is 70.6 Å². The van der Waals surface area contributed by atoms with E-state index in [-0.39, 0.29) is 11.8 Å². The van der Waals surface area contributed by atoms with Gasteiger partial charge in [-0.25, -0.2) is 17.6 Å². The summed E-state index contributed by atoms with van der Waals surface area (Å²) in [5.74, 6) is 2.43. The minimum atomic E-state index is -0.613. The van der Waals surface area contributed by atoms with Gasteiger partial charge in [0, 0.05) is 23.3 Å². The fourth-order valence-corrected chi connectivity index (χ4v) is 13.4. The molecule has 0 bridgehead atoms. The van der Waals surface area contributed by atoms with Crippen LogP contribution in [0.1, 0.15) is 255 Å². The highest BCUT2D eigenvalue weighted by Gasteiger charge is 2.40. The maximum absolute atomic E-state index is 15.9. The summed E-state index contributed by atoms with van der Waals surface area (Å²) in [6.45, 7) is 4.57. The molecule has 63 heavy (non-hydrogen) atoms. The summed E-state index contributed by atoms with van der Waals surface area (Å²) in [6.07, 6.45) is 42.6. The fourth-order valence-electron chi connectivity index (χ4n) is 13.4. The number of unbranched alkanes of at least 4 members (excludes halogenated alkanes) is 14. The van der Waals surface area contributed by atoms with Crippen LogP contribution < -0.4 is 0 Å². The van der Waals surface area contributed by atoms with Gasteiger partial charge in [-0.05, 0) is 137 Å². The Kier molecular flexibility index (Phi) is 22.2. The van der Waals surface area contributed by atoms with Crippen LogP contribution in [0.4, 0.5) is 17.6 Å². The van der Waals surface area contributed by atoms with E-state index in [1.165, 1.54) is 179 Å². The second-order valence-electron chi connectivity index (χ2n) is 21.7. The van der Waals surface area contributed by atoms with Crippen molar-refractivity contribution in [2.24, 2.45) is 47.3 Å². The molecule has 4 aliphatic carbocycles. The summed E-state index contributed by atoms with van der Waals surface area (Å²) in [5, 5.41) is 0. The van der Waals surface area contributed by atoms with E-state index < -0.39 is 35.5 Å². The average Bonchev–Trinajstić information content (AvgIpc) is 3.30. The molecule has 0 N–H and O–H groups in total. The molecule has 4 aliphatic rings. The second-order valence-corrected chi connectivity index (χ2v) is 21.7. The minimum Gasteiger partial charge on any atom is -0.365 e. The third-order valence-electron chi connectivity index (χ3n) is 17.4. The summed E-state index contributed by atoms with van der Waals surface area (Å²) in [4.78, 5) is 0. The predicted octanol–water partition coefficient (Wildman–Crippen LogP) is 19.3. The zero-order valence-electron chi connectivity index (χ0n) is 40.2. The van der Waals surface area contributed by atoms with Crippen molar-refractivity contribution >= 4 is 0 Å². The minimum absolute atomic E-state index is 0.0582. The van der Waals surface area contributed by atoms with E-state index in [0.29, 0.717) is 23.0 Å². The number of hydrogen-bond acceptors (Lipinski definition) is 1. The number of rotatable bonds is 26. The lowest BCUT2D eigenvalue weighted by Crippen LogP contribution is -2.32. The molecule has 0 saturated heterocycles. The normalized spacial score (nSPS) is 27.9. The van der Waals surface area contributed by atoms with Gasteiger partial charge in [0.05, 0.1) is 12.2 Å². The molecule has 0 radical (unpaired) electrons. The van der Waals surface area contributed by atoms with Gasteiger partial charge >= 0.3 is 0 Å². The Morgan fingerprint density at radius 3 is 1.02 bits per heavy atom. The van der Waals surface area contributed by atoms with Gasteiger partial charge in [-0.2, -0.15) is 0 Å². The Labute approximate surface area is 383 Å². The lowest BCUT2D eigenvalue weighted by molar-refractivity contribution is -0.0959. The number of halogens is 4. The smallest absolute Gasteiger partial charge is 0.131 e. The van der Waals surface area contributed by atoms with Gasteiger partial charge in [0.15, 0.2) is 0 Å². The van der Waals surface area contributed by atoms with Gasteiger partial charge in [-0.15, -0.1) is 0 Å². The first-order valence-corrected chi connectivity index (χ1v) is 27.4. The Balaban J connectivity index is 1.02. The molecule has 4 fully saturated rings. The van der Waals surface area contributed by atoms with Crippen molar-refractivity contribution < 1.29 is 22.3 Å². The molecular weight excluding hydrogens is 789 g/mol. The summed E-state index contributed by atoms with van der Waals surface area (Å²) >= 11 is 0. The molecular formula is C58H90F4O. The van der Waals surface area contributed by atoms with Crippen molar-refractivity contribution in [3.8, 4) is 0 Å².